The summed E-state index contributed by atoms with van der Waals surface area (Å²) in [7, 11) is -3.54. The molecule has 1 aliphatic heterocycles. The van der Waals surface area contributed by atoms with Crippen LogP contribution in [0.4, 0.5) is 5.82 Å². The zero-order chi connectivity index (χ0) is 24.3. The van der Waals surface area contributed by atoms with E-state index in [1.54, 1.807) is 30.3 Å². The van der Waals surface area contributed by atoms with Crippen LogP contribution in [0.25, 0.3) is 5.69 Å². The first kappa shape index (κ1) is 23.7. The van der Waals surface area contributed by atoms with E-state index < -0.39 is 10.0 Å². The molecule has 1 aliphatic rings. The molecule has 8 nitrogen and oxygen atoms in total. The summed E-state index contributed by atoms with van der Waals surface area (Å²) in [5.74, 6) is 0.213. The first-order chi connectivity index (χ1) is 16.3. The second kappa shape index (κ2) is 9.81. The van der Waals surface area contributed by atoms with Crippen LogP contribution in [0.1, 0.15) is 16.8 Å². The number of piperazine rings is 1. The molecule has 0 saturated carbocycles. The molecular formula is C25H27N5O3S. The molecule has 4 rings (SSSR count). The molecule has 1 amide bonds. The molecule has 0 unspecified atom stereocenters. The number of amides is 1. The van der Waals surface area contributed by atoms with Crippen molar-refractivity contribution in [3.63, 3.8) is 0 Å². The smallest absolute Gasteiger partial charge is 0.243 e. The number of hydrogen-bond donors (Lipinski definition) is 1. The molecule has 0 spiro atoms. The highest BCUT2D eigenvalue weighted by molar-refractivity contribution is 7.89. The molecule has 176 valence electrons. The average Bonchev–Trinajstić information content (AvgIpc) is 3.09. The van der Waals surface area contributed by atoms with Gasteiger partial charge in [0.2, 0.25) is 15.9 Å². The van der Waals surface area contributed by atoms with E-state index in [0.29, 0.717) is 37.6 Å². The molecule has 9 heteroatoms. The van der Waals surface area contributed by atoms with E-state index in [1.807, 2.05) is 53.6 Å². The molecule has 2 heterocycles. The highest BCUT2D eigenvalue weighted by Crippen LogP contribution is 2.30. The van der Waals surface area contributed by atoms with Crippen LogP contribution in [0.15, 0.2) is 65.6 Å². The first-order valence-electron chi connectivity index (χ1n) is 11.1. The third kappa shape index (κ3) is 4.61. The van der Waals surface area contributed by atoms with E-state index in [2.05, 4.69) is 11.4 Å². The number of para-hydroxylation sites is 1. The van der Waals surface area contributed by atoms with E-state index >= 15 is 0 Å². The summed E-state index contributed by atoms with van der Waals surface area (Å²) in [6, 6.07) is 20.2. The largest absolute Gasteiger partial charge is 0.310 e. The highest BCUT2D eigenvalue weighted by atomic mass is 32.2. The SMILES string of the molecule is Cc1c(C#N)c(NC(=O)CN2CCN(S(=O)(=O)c3ccccc3)CC2)n(-c2ccccc2)c1C. The monoisotopic (exact) mass is 477 g/mol. The van der Waals surface area contributed by atoms with E-state index in [4.69, 9.17) is 0 Å². The van der Waals surface area contributed by atoms with Gasteiger partial charge < -0.3 is 5.32 Å². The van der Waals surface area contributed by atoms with Crippen molar-refractivity contribution < 1.29 is 13.2 Å². The summed E-state index contributed by atoms with van der Waals surface area (Å²) in [5, 5.41) is 12.7. The lowest BCUT2D eigenvalue weighted by atomic mass is 10.2. The van der Waals surface area contributed by atoms with Crippen molar-refractivity contribution in [2.75, 3.05) is 38.0 Å². The van der Waals surface area contributed by atoms with Crippen LogP contribution >= 0.6 is 0 Å². The minimum Gasteiger partial charge on any atom is -0.310 e. The van der Waals surface area contributed by atoms with Gasteiger partial charge >= 0.3 is 0 Å². The fourth-order valence-corrected chi connectivity index (χ4v) is 5.65. The molecule has 3 aromatic rings. The van der Waals surface area contributed by atoms with Gasteiger partial charge in [-0.3, -0.25) is 14.3 Å². The van der Waals surface area contributed by atoms with E-state index in [-0.39, 0.29) is 17.3 Å². The third-order valence-electron chi connectivity index (χ3n) is 6.18. The van der Waals surface area contributed by atoms with Crippen molar-refractivity contribution in [2.45, 2.75) is 18.7 Å². The van der Waals surface area contributed by atoms with Gasteiger partial charge in [0.15, 0.2) is 0 Å². The predicted molar refractivity (Wildman–Crippen MR) is 130 cm³/mol. The number of carbonyl (C=O) groups excluding carboxylic acids is 1. The van der Waals surface area contributed by atoms with Crippen LogP contribution < -0.4 is 5.32 Å². The molecule has 0 bridgehead atoms. The third-order valence-corrected chi connectivity index (χ3v) is 8.09. The Bertz CT molecular complexity index is 1320. The van der Waals surface area contributed by atoms with Crippen LogP contribution in [-0.4, -0.2) is 60.8 Å². The molecule has 0 radical (unpaired) electrons. The number of hydrogen-bond acceptors (Lipinski definition) is 5. The molecule has 1 aromatic heterocycles. The number of nitrogens with zero attached hydrogens (tertiary/aromatic N) is 4. The molecule has 1 fully saturated rings. The molecule has 2 aromatic carbocycles. The van der Waals surface area contributed by atoms with Crippen molar-refractivity contribution in [3.05, 3.63) is 77.5 Å². The number of anilines is 1. The van der Waals surface area contributed by atoms with Gasteiger partial charge in [-0.2, -0.15) is 9.57 Å². The lowest BCUT2D eigenvalue weighted by molar-refractivity contribution is -0.117. The molecule has 34 heavy (non-hydrogen) atoms. The normalized spacial score (nSPS) is 15.1. The van der Waals surface area contributed by atoms with Crippen LogP contribution in [-0.2, 0) is 14.8 Å². The van der Waals surface area contributed by atoms with Crippen LogP contribution in [0.2, 0.25) is 0 Å². The Hall–Kier alpha value is -3.45. The Morgan fingerprint density at radius 1 is 0.971 bits per heavy atom. The molecule has 1 N–H and O–H groups in total. The Morgan fingerprint density at radius 2 is 1.56 bits per heavy atom. The summed E-state index contributed by atoms with van der Waals surface area (Å²) < 4.78 is 29.0. The van der Waals surface area contributed by atoms with Crippen molar-refractivity contribution in [2.24, 2.45) is 0 Å². The van der Waals surface area contributed by atoms with Crippen LogP contribution in [0.5, 0.6) is 0 Å². The summed E-state index contributed by atoms with van der Waals surface area (Å²) in [6.07, 6.45) is 0. The minimum absolute atomic E-state index is 0.113. The van der Waals surface area contributed by atoms with Crippen molar-refractivity contribution in [1.82, 2.24) is 13.8 Å². The second-order valence-corrected chi connectivity index (χ2v) is 10.2. The van der Waals surface area contributed by atoms with Gasteiger partial charge in [0.25, 0.3) is 0 Å². The Balaban J connectivity index is 1.45. The molecule has 1 saturated heterocycles. The minimum atomic E-state index is -3.54. The van der Waals surface area contributed by atoms with Gasteiger partial charge in [-0.15, -0.1) is 0 Å². The molecule has 0 aliphatic carbocycles. The zero-order valence-electron chi connectivity index (χ0n) is 19.2. The highest BCUT2D eigenvalue weighted by Gasteiger charge is 2.29. The summed E-state index contributed by atoms with van der Waals surface area (Å²) in [4.78, 5) is 15.1. The van der Waals surface area contributed by atoms with E-state index in [0.717, 1.165) is 16.9 Å². The van der Waals surface area contributed by atoms with E-state index in [1.165, 1.54) is 4.31 Å². The second-order valence-electron chi connectivity index (χ2n) is 8.26. The fraction of sp³-hybridized carbons (Fsp3) is 0.280. The van der Waals surface area contributed by atoms with Crippen LogP contribution in [0, 0.1) is 25.2 Å². The lowest BCUT2D eigenvalue weighted by Gasteiger charge is -2.33. The maximum Gasteiger partial charge on any atom is 0.243 e. The number of benzene rings is 2. The fourth-order valence-electron chi connectivity index (χ4n) is 4.20. The summed E-state index contributed by atoms with van der Waals surface area (Å²) in [6.45, 7) is 5.42. The topological polar surface area (TPSA) is 98.4 Å². The van der Waals surface area contributed by atoms with Crippen molar-refractivity contribution in [1.29, 1.82) is 5.26 Å². The Kier molecular flexibility index (Phi) is 6.84. The van der Waals surface area contributed by atoms with Gasteiger partial charge in [-0.25, -0.2) is 8.42 Å². The van der Waals surface area contributed by atoms with Gasteiger partial charge in [0.1, 0.15) is 11.9 Å². The lowest BCUT2D eigenvalue weighted by Crippen LogP contribution is -2.50. The molecular weight excluding hydrogens is 450 g/mol. The van der Waals surface area contributed by atoms with Crippen LogP contribution in [0.3, 0.4) is 0 Å². The number of nitriles is 1. The van der Waals surface area contributed by atoms with Gasteiger partial charge in [0, 0.05) is 37.6 Å². The molecule has 0 atom stereocenters. The maximum atomic E-state index is 12.9. The quantitative estimate of drug-likeness (QED) is 0.589. The predicted octanol–water partition coefficient (Wildman–Crippen LogP) is 2.91. The standard InChI is InChI=1S/C25H27N5O3S/c1-19-20(2)30(21-9-5-3-6-10-21)25(23(19)17-26)27-24(31)18-28-13-15-29(16-14-28)34(32,33)22-11-7-4-8-12-22/h3-12H,13-16,18H2,1-2H3,(H,27,31). The number of sulfonamides is 1. The first-order valence-corrected chi connectivity index (χ1v) is 12.5. The zero-order valence-corrected chi connectivity index (χ0v) is 20.0. The summed E-state index contributed by atoms with van der Waals surface area (Å²) in [5.41, 5.74) is 3.01. The maximum absolute atomic E-state index is 12.9. The number of carbonyl (C=O) groups is 1. The van der Waals surface area contributed by atoms with E-state index in [9.17, 15) is 18.5 Å². The number of nitrogens with one attached hydrogen (secondary N) is 1. The van der Waals surface area contributed by atoms with Gasteiger partial charge in [-0.1, -0.05) is 36.4 Å². The number of aromatic nitrogens is 1. The Morgan fingerprint density at radius 3 is 2.15 bits per heavy atom. The summed E-state index contributed by atoms with van der Waals surface area (Å²) >= 11 is 0. The average molecular weight is 478 g/mol. The Labute approximate surface area is 200 Å². The van der Waals surface area contributed by atoms with Gasteiger partial charge in [-0.05, 0) is 43.7 Å². The van der Waals surface area contributed by atoms with Crippen molar-refractivity contribution >= 4 is 21.7 Å². The number of rotatable bonds is 6. The van der Waals surface area contributed by atoms with Crippen molar-refractivity contribution in [3.8, 4) is 11.8 Å². The van der Waals surface area contributed by atoms with Gasteiger partial charge in [0.05, 0.1) is 17.0 Å².